The highest BCUT2D eigenvalue weighted by atomic mass is 32.2. The monoisotopic (exact) mass is 433 g/mol. The number of hydrogen-bond acceptors (Lipinski definition) is 7. The van der Waals surface area contributed by atoms with Crippen molar-refractivity contribution in [2.24, 2.45) is 4.99 Å². The van der Waals surface area contributed by atoms with Crippen LogP contribution in [-0.4, -0.2) is 59.0 Å². The van der Waals surface area contributed by atoms with Crippen LogP contribution in [0.15, 0.2) is 29.3 Å². The number of nitrogens with one attached hydrogen (secondary N) is 2. The summed E-state index contributed by atoms with van der Waals surface area (Å²) >= 11 is 1.45. The Morgan fingerprint density at radius 3 is 2.55 bits per heavy atom. The van der Waals surface area contributed by atoms with E-state index in [1.165, 1.54) is 11.8 Å². The highest BCUT2D eigenvalue weighted by molar-refractivity contribution is 8.15. The number of aliphatic imine (C=N–C) groups is 1. The van der Waals surface area contributed by atoms with Crippen LogP contribution in [0.5, 0.6) is 0 Å². The first kappa shape index (κ1) is 20.0. The number of sulfone groups is 1. The number of aryl methyl sites for hydroxylation is 3. The van der Waals surface area contributed by atoms with Crippen molar-refractivity contribution in [2.75, 3.05) is 28.3 Å². The molecule has 154 valence electrons. The van der Waals surface area contributed by atoms with Crippen molar-refractivity contribution < 1.29 is 13.2 Å². The third-order valence-electron chi connectivity index (χ3n) is 4.83. The summed E-state index contributed by atoms with van der Waals surface area (Å²) in [6.07, 6.45) is 0. The highest BCUT2D eigenvalue weighted by Crippen LogP contribution is 2.37. The number of aromatic amines is 1. The van der Waals surface area contributed by atoms with Gasteiger partial charge in [0.1, 0.15) is 6.54 Å². The Labute approximate surface area is 174 Å². The molecule has 1 fully saturated rings. The van der Waals surface area contributed by atoms with Crippen molar-refractivity contribution in [2.45, 2.75) is 32.1 Å². The van der Waals surface area contributed by atoms with Crippen LogP contribution in [-0.2, 0) is 14.6 Å². The molecule has 2 N–H and O–H groups in total. The van der Waals surface area contributed by atoms with Crippen LogP contribution in [0.4, 0.5) is 11.5 Å². The Morgan fingerprint density at radius 2 is 1.93 bits per heavy atom. The number of amidine groups is 1. The molecule has 0 radical (unpaired) electrons. The fourth-order valence-electron chi connectivity index (χ4n) is 3.65. The Balaban J connectivity index is 1.60. The summed E-state index contributed by atoms with van der Waals surface area (Å²) < 4.78 is 23.8. The second-order valence-electron chi connectivity index (χ2n) is 7.63. The van der Waals surface area contributed by atoms with Crippen molar-refractivity contribution in [3.63, 3.8) is 0 Å². The summed E-state index contributed by atoms with van der Waals surface area (Å²) in [7, 11) is -3.03. The third kappa shape index (κ3) is 4.48. The maximum Gasteiger partial charge on any atom is 0.245 e. The van der Waals surface area contributed by atoms with Crippen LogP contribution in [0.1, 0.15) is 16.8 Å². The molecule has 3 heterocycles. The minimum Gasteiger partial charge on any atom is -0.312 e. The number of benzene rings is 1. The number of H-pyrrole nitrogens is 1. The molecule has 2 atom stereocenters. The van der Waals surface area contributed by atoms with Gasteiger partial charge in [0, 0.05) is 22.7 Å². The molecule has 1 amide bonds. The smallest absolute Gasteiger partial charge is 0.245 e. The van der Waals surface area contributed by atoms with Gasteiger partial charge in [-0.15, -0.1) is 0 Å². The lowest BCUT2D eigenvalue weighted by Crippen LogP contribution is -2.36. The number of hydrogen-bond donors (Lipinski definition) is 2. The van der Waals surface area contributed by atoms with E-state index >= 15 is 0 Å². The SMILES string of the molecule is Cc1cc(C)cc(N(CC(=O)Nc2cc(C)[nH]n2)C2=NC3CS(=O)(=O)CC3S2)c1. The first-order valence-electron chi connectivity index (χ1n) is 9.31. The van der Waals surface area contributed by atoms with Crippen LogP contribution in [0.3, 0.4) is 0 Å². The fourth-order valence-corrected chi connectivity index (χ4v) is 7.44. The van der Waals surface area contributed by atoms with Gasteiger partial charge in [0.15, 0.2) is 20.8 Å². The van der Waals surface area contributed by atoms with Crippen LogP contribution < -0.4 is 10.2 Å². The zero-order chi connectivity index (χ0) is 20.8. The molecule has 0 bridgehead atoms. The molecule has 2 aromatic rings. The Bertz CT molecular complexity index is 1070. The Morgan fingerprint density at radius 1 is 1.21 bits per heavy atom. The lowest BCUT2D eigenvalue weighted by molar-refractivity contribution is -0.114. The summed E-state index contributed by atoms with van der Waals surface area (Å²) in [5.41, 5.74) is 3.89. The first-order chi connectivity index (χ1) is 13.7. The topological polar surface area (TPSA) is 108 Å². The van der Waals surface area contributed by atoms with E-state index in [1.807, 2.05) is 37.8 Å². The van der Waals surface area contributed by atoms with Gasteiger partial charge >= 0.3 is 0 Å². The maximum atomic E-state index is 12.7. The zero-order valence-electron chi connectivity index (χ0n) is 16.5. The molecule has 1 saturated heterocycles. The average Bonchev–Trinajstić information content (AvgIpc) is 3.24. The molecule has 0 spiro atoms. The largest absolute Gasteiger partial charge is 0.312 e. The van der Waals surface area contributed by atoms with Crippen molar-refractivity contribution in [3.05, 3.63) is 41.1 Å². The van der Waals surface area contributed by atoms with Gasteiger partial charge in [-0.25, -0.2) is 8.42 Å². The number of anilines is 2. The molecular weight excluding hydrogens is 410 g/mol. The van der Waals surface area contributed by atoms with E-state index in [0.29, 0.717) is 11.0 Å². The minimum absolute atomic E-state index is 0.0623. The van der Waals surface area contributed by atoms with E-state index in [0.717, 1.165) is 22.5 Å². The minimum atomic E-state index is -3.03. The number of carbonyl (C=O) groups is 1. The third-order valence-corrected chi connectivity index (χ3v) is 8.08. The van der Waals surface area contributed by atoms with Gasteiger partial charge in [0.05, 0.1) is 17.5 Å². The zero-order valence-corrected chi connectivity index (χ0v) is 18.1. The van der Waals surface area contributed by atoms with Gasteiger partial charge in [0.25, 0.3) is 0 Å². The standard InChI is InChI=1S/C19H23N5O3S2/c1-11-4-12(2)6-14(5-11)24(8-18(25)21-17-7-13(3)22-23-17)19-20-15-9-29(26,27)10-16(15)28-19/h4-7,15-16H,8-10H2,1-3H3,(H2,21,22,23,25). The Hall–Kier alpha value is -2.33. The number of nitrogens with zero attached hydrogens (tertiary/aromatic N) is 3. The summed E-state index contributed by atoms with van der Waals surface area (Å²) in [5.74, 6) is 0.461. The number of carbonyl (C=O) groups excluding carboxylic acids is 1. The molecule has 0 saturated carbocycles. The van der Waals surface area contributed by atoms with Crippen molar-refractivity contribution >= 4 is 44.2 Å². The summed E-state index contributed by atoms with van der Waals surface area (Å²) in [6.45, 7) is 5.94. The summed E-state index contributed by atoms with van der Waals surface area (Å²) in [5, 5.41) is 10.2. The highest BCUT2D eigenvalue weighted by Gasteiger charge is 2.44. The summed E-state index contributed by atoms with van der Waals surface area (Å²) in [6, 6.07) is 7.60. The van der Waals surface area contributed by atoms with Crippen molar-refractivity contribution in [3.8, 4) is 0 Å². The molecule has 4 rings (SSSR count). The molecule has 8 nitrogen and oxygen atoms in total. The second kappa shape index (κ2) is 7.49. The first-order valence-corrected chi connectivity index (χ1v) is 12.0. The predicted octanol–water partition coefficient (Wildman–Crippen LogP) is 2.05. The number of thioether (sulfide) groups is 1. The van der Waals surface area contributed by atoms with E-state index in [9.17, 15) is 13.2 Å². The van der Waals surface area contributed by atoms with E-state index in [1.54, 1.807) is 6.07 Å². The summed E-state index contributed by atoms with van der Waals surface area (Å²) in [4.78, 5) is 19.3. The van der Waals surface area contributed by atoms with Gasteiger partial charge in [-0.05, 0) is 44.0 Å². The van der Waals surface area contributed by atoms with E-state index in [4.69, 9.17) is 0 Å². The molecule has 1 aromatic carbocycles. The van der Waals surface area contributed by atoms with E-state index in [2.05, 4.69) is 26.6 Å². The van der Waals surface area contributed by atoms with Crippen molar-refractivity contribution in [1.29, 1.82) is 0 Å². The molecule has 0 aliphatic carbocycles. The van der Waals surface area contributed by atoms with Crippen LogP contribution >= 0.6 is 11.8 Å². The normalized spacial score (nSPS) is 22.2. The predicted molar refractivity (Wildman–Crippen MR) is 116 cm³/mol. The second-order valence-corrected chi connectivity index (χ2v) is 11.0. The molecule has 1 aromatic heterocycles. The van der Waals surface area contributed by atoms with Crippen LogP contribution in [0.25, 0.3) is 0 Å². The fraction of sp³-hybridized carbons (Fsp3) is 0.421. The molecule has 29 heavy (non-hydrogen) atoms. The van der Waals surface area contributed by atoms with E-state index in [-0.39, 0.29) is 35.2 Å². The molecule has 2 unspecified atom stereocenters. The number of fused-ring (bicyclic) bond motifs is 1. The lowest BCUT2D eigenvalue weighted by Gasteiger charge is -2.24. The molecule has 10 heteroatoms. The van der Waals surface area contributed by atoms with Gasteiger partial charge in [-0.3, -0.25) is 14.9 Å². The van der Waals surface area contributed by atoms with Crippen LogP contribution in [0, 0.1) is 20.8 Å². The number of rotatable bonds is 4. The average molecular weight is 434 g/mol. The molecule has 2 aliphatic heterocycles. The quantitative estimate of drug-likeness (QED) is 0.764. The maximum absolute atomic E-state index is 12.7. The number of amides is 1. The lowest BCUT2D eigenvalue weighted by atomic mass is 10.1. The molecular formula is C19H23N5O3S2. The Kier molecular flexibility index (Phi) is 5.16. The van der Waals surface area contributed by atoms with Gasteiger partial charge in [-0.2, -0.15) is 5.10 Å². The van der Waals surface area contributed by atoms with E-state index < -0.39 is 9.84 Å². The van der Waals surface area contributed by atoms with Gasteiger partial charge in [0.2, 0.25) is 5.91 Å². The van der Waals surface area contributed by atoms with Gasteiger partial charge < -0.3 is 10.2 Å². The number of aromatic nitrogens is 2. The van der Waals surface area contributed by atoms with Gasteiger partial charge in [-0.1, -0.05) is 17.8 Å². The van der Waals surface area contributed by atoms with Crippen molar-refractivity contribution in [1.82, 2.24) is 10.2 Å². The molecule has 2 aliphatic rings. The van der Waals surface area contributed by atoms with Crippen LogP contribution in [0.2, 0.25) is 0 Å².